The molecule has 3 rings (SSSR count). The summed E-state index contributed by atoms with van der Waals surface area (Å²) in [7, 11) is 2.04. The fourth-order valence-corrected chi connectivity index (χ4v) is 2.70. The summed E-state index contributed by atoms with van der Waals surface area (Å²) >= 11 is 1.60. The summed E-state index contributed by atoms with van der Waals surface area (Å²) in [5, 5.41) is 0.872. The van der Waals surface area contributed by atoms with E-state index in [1.54, 1.807) is 11.8 Å². The smallest absolute Gasteiger partial charge is 0.187 e. The van der Waals surface area contributed by atoms with Crippen LogP contribution in [0, 0.1) is 0 Å². The van der Waals surface area contributed by atoms with Gasteiger partial charge in [0.1, 0.15) is 5.82 Å². The van der Waals surface area contributed by atoms with Gasteiger partial charge in [-0.25, -0.2) is 15.0 Å². The van der Waals surface area contributed by atoms with E-state index in [0.717, 1.165) is 37.0 Å². The van der Waals surface area contributed by atoms with Gasteiger partial charge < -0.3 is 4.57 Å². The Balaban J connectivity index is 1.74. The highest BCUT2D eigenvalue weighted by atomic mass is 32.2. The van der Waals surface area contributed by atoms with E-state index in [0.29, 0.717) is 0 Å². The number of hydrogen-bond donors (Lipinski definition) is 0. The van der Waals surface area contributed by atoms with Gasteiger partial charge in [0, 0.05) is 50.7 Å². The van der Waals surface area contributed by atoms with Gasteiger partial charge in [0.25, 0.3) is 0 Å². The SMILES string of the molecule is CSc1ncc2c(n1)CCN(Cc1nccn1C)C2. The first-order valence-electron chi connectivity index (χ1n) is 6.33. The fourth-order valence-electron chi connectivity index (χ4n) is 2.34. The molecule has 100 valence electrons. The van der Waals surface area contributed by atoms with Crippen molar-refractivity contribution in [3.8, 4) is 0 Å². The van der Waals surface area contributed by atoms with E-state index in [1.807, 2.05) is 31.9 Å². The molecule has 0 N–H and O–H groups in total. The van der Waals surface area contributed by atoms with Gasteiger partial charge in [0.15, 0.2) is 5.16 Å². The third-order valence-corrected chi connectivity index (χ3v) is 4.02. The summed E-state index contributed by atoms with van der Waals surface area (Å²) in [5.74, 6) is 1.10. The molecular formula is C13H17N5S. The minimum Gasteiger partial charge on any atom is -0.337 e. The third-order valence-electron chi connectivity index (χ3n) is 3.46. The van der Waals surface area contributed by atoms with Crippen LogP contribution in [0.25, 0.3) is 0 Å². The van der Waals surface area contributed by atoms with Gasteiger partial charge in [0.2, 0.25) is 0 Å². The Morgan fingerprint density at radius 3 is 3.00 bits per heavy atom. The molecule has 0 radical (unpaired) electrons. The lowest BCUT2D eigenvalue weighted by atomic mass is 10.1. The molecule has 0 atom stereocenters. The molecule has 5 nitrogen and oxygen atoms in total. The number of aromatic nitrogens is 4. The molecule has 0 unspecified atom stereocenters. The van der Waals surface area contributed by atoms with E-state index in [1.165, 1.54) is 11.3 Å². The highest BCUT2D eigenvalue weighted by Gasteiger charge is 2.19. The van der Waals surface area contributed by atoms with Crippen LogP contribution in [0.4, 0.5) is 0 Å². The Hall–Kier alpha value is -1.40. The first-order chi connectivity index (χ1) is 9.26. The molecule has 0 saturated carbocycles. The minimum absolute atomic E-state index is 0.872. The van der Waals surface area contributed by atoms with Crippen molar-refractivity contribution >= 4 is 11.8 Å². The van der Waals surface area contributed by atoms with Crippen molar-refractivity contribution in [2.45, 2.75) is 24.7 Å². The molecule has 0 amide bonds. The summed E-state index contributed by atoms with van der Waals surface area (Å²) in [6.45, 7) is 2.83. The Morgan fingerprint density at radius 2 is 2.26 bits per heavy atom. The lowest BCUT2D eigenvalue weighted by molar-refractivity contribution is 0.234. The number of thioether (sulfide) groups is 1. The van der Waals surface area contributed by atoms with Crippen molar-refractivity contribution in [1.29, 1.82) is 0 Å². The number of rotatable bonds is 3. The molecule has 0 aromatic carbocycles. The Labute approximate surface area is 117 Å². The maximum Gasteiger partial charge on any atom is 0.187 e. The Bertz CT molecular complexity index is 580. The van der Waals surface area contributed by atoms with Crippen LogP contribution in [-0.4, -0.2) is 37.2 Å². The van der Waals surface area contributed by atoms with Crippen LogP contribution in [-0.2, 0) is 26.6 Å². The van der Waals surface area contributed by atoms with Gasteiger partial charge >= 0.3 is 0 Å². The molecule has 0 aliphatic carbocycles. The predicted octanol–water partition coefficient (Wildman–Crippen LogP) is 1.49. The molecule has 1 aliphatic rings. The molecule has 19 heavy (non-hydrogen) atoms. The topological polar surface area (TPSA) is 46.8 Å². The van der Waals surface area contributed by atoms with Crippen LogP contribution in [0.2, 0.25) is 0 Å². The predicted molar refractivity (Wildman–Crippen MR) is 74.8 cm³/mol. The second-order valence-electron chi connectivity index (χ2n) is 4.74. The quantitative estimate of drug-likeness (QED) is 0.627. The van der Waals surface area contributed by atoms with Crippen molar-refractivity contribution in [3.63, 3.8) is 0 Å². The summed E-state index contributed by atoms with van der Waals surface area (Å²) in [6.07, 6.45) is 8.81. The lowest BCUT2D eigenvalue weighted by Crippen LogP contribution is -2.31. The molecule has 6 heteroatoms. The largest absolute Gasteiger partial charge is 0.337 e. The van der Waals surface area contributed by atoms with Gasteiger partial charge in [0.05, 0.1) is 12.2 Å². The molecule has 3 heterocycles. The second-order valence-corrected chi connectivity index (χ2v) is 5.52. The van der Waals surface area contributed by atoms with Crippen molar-refractivity contribution in [1.82, 2.24) is 24.4 Å². The highest BCUT2D eigenvalue weighted by Crippen LogP contribution is 2.20. The fraction of sp³-hybridized carbons (Fsp3) is 0.462. The summed E-state index contributed by atoms with van der Waals surface area (Å²) in [4.78, 5) is 15.7. The molecule has 0 spiro atoms. The maximum absolute atomic E-state index is 4.59. The second kappa shape index (κ2) is 5.30. The zero-order valence-corrected chi connectivity index (χ0v) is 12.0. The zero-order valence-electron chi connectivity index (χ0n) is 11.2. The van der Waals surface area contributed by atoms with Gasteiger partial charge in [-0.3, -0.25) is 4.90 Å². The van der Waals surface area contributed by atoms with E-state index in [2.05, 4.69) is 24.4 Å². The summed E-state index contributed by atoms with van der Waals surface area (Å²) in [5.41, 5.74) is 2.45. The zero-order chi connectivity index (χ0) is 13.2. The van der Waals surface area contributed by atoms with E-state index in [4.69, 9.17) is 0 Å². The normalized spacial score (nSPS) is 15.5. The van der Waals surface area contributed by atoms with Gasteiger partial charge in [-0.05, 0) is 6.26 Å². The average molecular weight is 275 g/mol. The van der Waals surface area contributed by atoms with E-state index >= 15 is 0 Å². The first-order valence-corrected chi connectivity index (χ1v) is 7.56. The van der Waals surface area contributed by atoms with Crippen molar-refractivity contribution in [3.05, 3.63) is 35.7 Å². The molecule has 2 aromatic rings. The van der Waals surface area contributed by atoms with Gasteiger partial charge in [-0.15, -0.1) is 0 Å². The Kier molecular flexibility index (Phi) is 3.52. The van der Waals surface area contributed by atoms with Crippen LogP contribution < -0.4 is 0 Å². The van der Waals surface area contributed by atoms with Crippen LogP contribution in [0.5, 0.6) is 0 Å². The van der Waals surface area contributed by atoms with Gasteiger partial charge in [-0.1, -0.05) is 11.8 Å². The Morgan fingerprint density at radius 1 is 1.37 bits per heavy atom. The monoisotopic (exact) mass is 275 g/mol. The van der Waals surface area contributed by atoms with Crippen LogP contribution in [0.3, 0.4) is 0 Å². The molecule has 1 aliphatic heterocycles. The van der Waals surface area contributed by atoms with E-state index < -0.39 is 0 Å². The summed E-state index contributed by atoms with van der Waals surface area (Å²) < 4.78 is 2.07. The minimum atomic E-state index is 0.872. The van der Waals surface area contributed by atoms with E-state index in [9.17, 15) is 0 Å². The summed E-state index contributed by atoms with van der Waals surface area (Å²) in [6, 6.07) is 0. The average Bonchev–Trinajstić information content (AvgIpc) is 2.84. The lowest BCUT2D eigenvalue weighted by Gasteiger charge is -2.27. The molecule has 0 fully saturated rings. The highest BCUT2D eigenvalue weighted by molar-refractivity contribution is 7.98. The molecular weight excluding hydrogens is 258 g/mol. The standard InChI is InChI=1S/C13H17N5S/c1-17-6-4-14-12(17)9-18-5-3-11-10(8-18)7-15-13(16-11)19-2/h4,6-7H,3,5,8-9H2,1-2H3. The van der Waals surface area contributed by atoms with Crippen molar-refractivity contribution in [2.75, 3.05) is 12.8 Å². The van der Waals surface area contributed by atoms with E-state index in [-0.39, 0.29) is 0 Å². The van der Waals surface area contributed by atoms with Crippen molar-refractivity contribution < 1.29 is 0 Å². The number of aryl methyl sites for hydroxylation is 1. The number of imidazole rings is 1. The number of hydrogen-bond acceptors (Lipinski definition) is 5. The number of fused-ring (bicyclic) bond motifs is 1. The van der Waals surface area contributed by atoms with Crippen LogP contribution in [0.15, 0.2) is 23.7 Å². The maximum atomic E-state index is 4.59. The first kappa shape index (κ1) is 12.6. The van der Waals surface area contributed by atoms with Crippen LogP contribution >= 0.6 is 11.8 Å². The molecule has 2 aromatic heterocycles. The van der Waals surface area contributed by atoms with Crippen molar-refractivity contribution in [2.24, 2.45) is 7.05 Å². The third kappa shape index (κ3) is 2.64. The van der Waals surface area contributed by atoms with Gasteiger partial charge in [-0.2, -0.15) is 0 Å². The molecule has 0 saturated heterocycles. The molecule has 0 bridgehead atoms. The van der Waals surface area contributed by atoms with Crippen LogP contribution in [0.1, 0.15) is 17.1 Å². The number of nitrogens with zero attached hydrogens (tertiary/aromatic N) is 5.